The Kier molecular flexibility index (Phi) is 19.0. The van der Waals surface area contributed by atoms with Gasteiger partial charge in [0.1, 0.15) is 23.0 Å². The van der Waals surface area contributed by atoms with Crippen molar-refractivity contribution in [3.8, 4) is 34.1 Å². The summed E-state index contributed by atoms with van der Waals surface area (Å²) in [5.41, 5.74) is 6.57. The number of fused-ring (bicyclic) bond motifs is 3. The van der Waals surface area contributed by atoms with Crippen LogP contribution in [0.4, 0.5) is 0 Å². The molecule has 1 aliphatic rings. The van der Waals surface area contributed by atoms with Crippen molar-refractivity contribution in [1.82, 2.24) is 0 Å². The summed E-state index contributed by atoms with van der Waals surface area (Å²) in [5, 5.41) is 0. The number of hydrogen-bond donors (Lipinski definition) is 0. The summed E-state index contributed by atoms with van der Waals surface area (Å²) in [7, 11) is 0. The van der Waals surface area contributed by atoms with Gasteiger partial charge in [-0.2, -0.15) is 0 Å². The number of benzene rings is 4. The molecule has 0 unspecified atom stereocenters. The van der Waals surface area contributed by atoms with Gasteiger partial charge in [-0.1, -0.05) is 86.2 Å². The van der Waals surface area contributed by atoms with Crippen LogP contribution in [0.2, 0.25) is 0 Å². The van der Waals surface area contributed by atoms with E-state index in [0.717, 1.165) is 33.4 Å². The number of carbonyl (C=O) groups is 4. The van der Waals surface area contributed by atoms with E-state index in [1.165, 1.54) is 0 Å². The van der Waals surface area contributed by atoms with E-state index in [2.05, 4.69) is 20.1 Å². The maximum atomic E-state index is 12.7. The zero-order chi connectivity index (χ0) is 37.2. The van der Waals surface area contributed by atoms with Crippen molar-refractivity contribution >= 4 is 23.9 Å². The molecule has 1 aliphatic carbocycles. The SMILES string of the molecule is C.C.C.C.C=C(C)C(=O)OCOc1ccc(CCC(=O)Oc2ccc3c(c2)C(C)c2cc(OC(=O)CCc4ccc(OCOC(=O)C(=C)C)cc4)ccc2-3)cc1. The van der Waals surface area contributed by atoms with Gasteiger partial charge >= 0.3 is 23.9 Å². The molecule has 0 amide bonds. The van der Waals surface area contributed by atoms with Gasteiger partial charge in [-0.25, -0.2) is 9.59 Å². The molecule has 5 rings (SSSR count). The summed E-state index contributed by atoms with van der Waals surface area (Å²) in [6.07, 6.45) is 1.34. The van der Waals surface area contributed by atoms with Crippen LogP contribution in [0.3, 0.4) is 0 Å². The average molecular weight is 769 g/mol. The minimum atomic E-state index is -0.520. The third-order valence-corrected chi connectivity index (χ3v) is 8.34. The second-order valence-electron chi connectivity index (χ2n) is 12.4. The maximum Gasteiger partial charge on any atom is 0.335 e. The average Bonchev–Trinajstić information content (AvgIpc) is 3.40. The molecule has 10 heteroatoms. The Bertz CT molecular complexity index is 1830. The molecular formula is C46H56O10. The highest BCUT2D eigenvalue weighted by molar-refractivity contribution is 5.87. The zero-order valence-electron chi connectivity index (χ0n) is 29.4. The van der Waals surface area contributed by atoms with Crippen molar-refractivity contribution in [2.45, 2.75) is 82.1 Å². The second-order valence-corrected chi connectivity index (χ2v) is 12.4. The minimum Gasteiger partial charge on any atom is -0.457 e. The molecule has 0 radical (unpaired) electrons. The molecule has 0 bridgehead atoms. The van der Waals surface area contributed by atoms with Gasteiger partial charge in [0.05, 0.1) is 0 Å². The summed E-state index contributed by atoms with van der Waals surface area (Å²) in [5.74, 6) is 0.257. The number of aryl methyl sites for hydroxylation is 2. The topological polar surface area (TPSA) is 124 Å². The number of hydrogen-bond acceptors (Lipinski definition) is 10. The molecular weight excluding hydrogens is 712 g/mol. The normalized spacial score (nSPS) is 10.6. The molecule has 0 fully saturated rings. The first-order valence-electron chi connectivity index (χ1n) is 16.7. The Morgan fingerprint density at radius 2 is 0.875 bits per heavy atom. The van der Waals surface area contributed by atoms with Crippen molar-refractivity contribution in [2.24, 2.45) is 0 Å². The Balaban J connectivity index is 0.00000392. The molecule has 0 aromatic heterocycles. The minimum absolute atomic E-state index is 0. The molecule has 0 N–H and O–H groups in total. The molecule has 0 atom stereocenters. The number of esters is 4. The first-order valence-corrected chi connectivity index (χ1v) is 16.7. The summed E-state index contributed by atoms with van der Waals surface area (Å²) in [6.45, 7) is 11.8. The lowest BCUT2D eigenvalue weighted by Crippen LogP contribution is -2.11. The molecule has 10 nitrogen and oxygen atoms in total. The predicted octanol–water partition coefficient (Wildman–Crippen LogP) is 10.4. The molecule has 56 heavy (non-hydrogen) atoms. The van der Waals surface area contributed by atoms with E-state index in [0.29, 0.717) is 47.0 Å². The molecule has 0 aliphatic heterocycles. The van der Waals surface area contributed by atoms with E-state index in [4.69, 9.17) is 28.4 Å². The fourth-order valence-electron chi connectivity index (χ4n) is 5.49. The van der Waals surface area contributed by atoms with Gasteiger partial charge in [-0.05, 0) is 109 Å². The Morgan fingerprint density at radius 3 is 1.21 bits per heavy atom. The van der Waals surface area contributed by atoms with Crippen LogP contribution in [0.5, 0.6) is 23.0 Å². The van der Waals surface area contributed by atoms with E-state index in [9.17, 15) is 19.2 Å². The van der Waals surface area contributed by atoms with E-state index in [1.54, 1.807) is 50.2 Å². The molecule has 4 aromatic carbocycles. The largest absolute Gasteiger partial charge is 0.457 e. The lowest BCUT2D eigenvalue weighted by Gasteiger charge is -2.10. The standard InChI is InChI=1S/C42H40O10.4CH4/c1-26(2)41(45)49-24-47-31-12-6-29(7-13-31)10-20-39(43)51-33-16-18-35-36-19-17-34(23-38(36)28(5)37(35)22-33)52-40(44)21-11-30-8-14-32(15-9-30)48-25-50-42(46)27(3)4;;;;/h6-9,12-19,22-23,28H,1,3,10-11,20-21,24-25H2,2,4-5H3;4*1H4. The first-order chi connectivity index (χ1) is 25.0. The van der Waals surface area contributed by atoms with Gasteiger partial charge in [0.25, 0.3) is 0 Å². The van der Waals surface area contributed by atoms with Crippen LogP contribution in [-0.4, -0.2) is 37.5 Å². The van der Waals surface area contributed by atoms with E-state index < -0.39 is 11.9 Å². The third-order valence-electron chi connectivity index (χ3n) is 8.34. The highest BCUT2D eigenvalue weighted by Gasteiger charge is 2.27. The van der Waals surface area contributed by atoms with Gasteiger partial charge in [0.15, 0.2) is 0 Å². The molecule has 0 heterocycles. The van der Waals surface area contributed by atoms with Crippen LogP contribution >= 0.6 is 0 Å². The highest BCUT2D eigenvalue weighted by Crippen LogP contribution is 2.47. The number of rotatable bonds is 16. The fourth-order valence-corrected chi connectivity index (χ4v) is 5.49. The van der Waals surface area contributed by atoms with Gasteiger partial charge in [0.2, 0.25) is 13.6 Å². The number of ether oxygens (including phenoxy) is 6. The zero-order valence-corrected chi connectivity index (χ0v) is 29.4. The van der Waals surface area contributed by atoms with Gasteiger partial charge in [-0.3, -0.25) is 9.59 Å². The Labute approximate surface area is 332 Å². The van der Waals surface area contributed by atoms with E-state index in [1.807, 2.05) is 48.5 Å². The summed E-state index contributed by atoms with van der Waals surface area (Å²) >= 11 is 0. The van der Waals surface area contributed by atoms with E-state index in [-0.39, 0.29) is 74.0 Å². The molecule has 0 spiro atoms. The van der Waals surface area contributed by atoms with E-state index >= 15 is 0 Å². The lowest BCUT2D eigenvalue weighted by atomic mass is 9.99. The lowest BCUT2D eigenvalue weighted by molar-refractivity contribution is -0.146. The first kappa shape index (κ1) is 47.9. The van der Waals surface area contributed by atoms with Gasteiger partial charge in [0, 0.05) is 29.9 Å². The Hall–Kier alpha value is -6.16. The summed E-state index contributed by atoms with van der Waals surface area (Å²) in [6, 6.07) is 25.6. The van der Waals surface area contributed by atoms with Crippen LogP contribution in [0.1, 0.15) is 91.5 Å². The van der Waals surface area contributed by atoms with Crippen LogP contribution in [0, 0.1) is 0 Å². The fraction of sp³-hybridized carbons (Fsp3) is 0.304. The molecule has 300 valence electrons. The predicted molar refractivity (Wildman–Crippen MR) is 220 cm³/mol. The smallest absolute Gasteiger partial charge is 0.335 e. The van der Waals surface area contributed by atoms with Crippen molar-refractivity contribution in [1.29, 1.82) is 0 Å². The molecule has 4 aromatic rings. The van der Waals surface area contributed by atoms with Crippen LogP contribution in [-0.2, 0) is 41.5 Å². The van der Waals surface area contributed by atoms with Crippen LogP contribution < -0.4 is 18.9 Å². The van der Waals surface area contributed by atoms with Crippen molar-refractivity contribution in [3.05, 3.63) is 131 Å². The molecule has 0 saturated carbocycles. The Morgan fingerprint density at radius 1 is 0.536 bits per heavy atom. The monoisotopic (exact) mass is 768 g/mol. The summed E-state index contributed by atoms with van der Waals surface area (Å²) < 4.78 is 32.1. The highest BCUT2D eigenvalue weighted by atomic mass is 16.7. The number of carbonyl (C=O) groups excluding carboxylic acids is 4. The van der Waals surface area contributed by atoms with Crippen LogP contribution in [0.25, 0.3) is 11.1 Å². The van der Waals surface area contributed by atoms with Crippen molar-refractivity contribution in [3.63, 3.8) is 0 Å². The van der Waals surface area contributed by atoms with Gasteiger partial charge < -0.3 is 28.4 Å². The van der Waals surface area contributed by atoms with Gasteiger partial charge in [-0.15, -0.1) is 0 Å². The second kappa shape index (κ2) is 22.3. The van der Waals surface area contributed by atoms with Crippen molar-refractivity contribution < 1.29 is 47.6 Å². The van der Waals surface area contributed by atoms with Crippen molar-refractivity contribution in [2.75, 3.05) is 13.6 Å². The third kappa shape index (κ3) is 13.0. The van der Waals surface area contributed by atoms with Crippen LogP contribution in [0.15, 0.2) is 109 Å². The quantitative estimate of drug-likeness (QED) is 0.0471. The maximum absolute atomic E-state index is 12.7. The summed E-state index contributed by atoms with van der Waals surface area (Å²) in [4.78, 5) is 48.4. The molecule has 0 saturated heterocycles.